The summed E-state index contributed by atoms with van der Waals surface area (Å²) in [6.45, 7) is 3.06. The van der Waals surface area contributed by atoms with Gasteiger partial charge in [0.05, 0.1) is 4.90 Å². The molecule has 0 bridgehead atoms. The highest BCUT2D eigenvalue weighted by molar-refractivity contribution is 7.89. The number of sulfonamides is 1. The molecule has 1 atom stereocenters. The molecule has 0 spiro atoms. The lowest BCUT2D eigenvalue weighted by Gasteiger charge is -2.31. The number of hydrogen-bond acceptors (Lipinski definition) is 6. The Morgan fingerprint density at radius 1 is 1.00 bits per heavy atom. The zero-order valence-corrected chi connectivity index (χ0v) is 19.1. The number of nitrogens with zero attached hydrogens (tertiary/aromatic N) is 1. The molecule has 0 aliphatic carbocycles. The van der Waals surface area contributed by atoms with Crippen LogP contribution in [0.1, 0.15) is 19.8 Å². The van der Waals surface area contributed by atoms with Gasteiger partial charge in [-0.1, -0.05) is 18.2 Å². The monoisotopic (exact) mass is 473 g/mol. The van der Waals surface area contributed by atoms with Crippen molar-refractivity contribution in [1.82, 2.24) is 9.62 Å². The van der Waals surface area contributed by atoms with Gasteiger partial charge in [-0.05, 0) is 44.0 Å². The second kappa shape index (κ2) is 9.80. The van der Waals surface area contributed by atoms with Gasteiger partial charge in [-0.2, -0.15) is 4.31 Å². The summed E-state index contributed by atoms with van der Waals surface area (Å²) in [4.78, 5) is 25.5. The molecular weight excluding hydrogens is 446 g/mol. The van der Waals surface area contributed by atoms with Gasteiger partial charge in [0.2, 0.25) is 21.8 Å². The Kier molecular flexibility index (Phi) is 6.85. The van der Waals surface area contributed by atoms with Crippen LogP contribution in [-0.2, 0) is 19.6 Å². The molecule has 0 unspecified atom stereocenters. The molecule has 33 heavy (non-hydrogen) atoms. The van der Waals surface area contributed by atoms with Crippen LogP contribution in [0.2, 0.25) is 0 Å². The van der Waals surface area contributed by atoms with Gasteiger partial charge in [0.15, 0.2) is 11.5 Å². The van der Waals surface area contributed by atoms with Crippen molar-refractivity contribution in [3.05, 3.63) is 48.5 Å². The van der Waals surface area contributed by atoms with Gasteiger partial charge >= 0.3 is 0 Å². The molecule has 10 heteroatoms. The number of rotatable bonds is 6. The number of anilines is 1. The Labute approximate surface area is 193 Å². The van der Waals surface area contributed by atoms with E-state index in [-0.39, 0.29) is 35.7 Å². The summed E-state index contributed by atoms with van der Waals surface area (Å²) >= 11 is 0. The predicted molar refractivity (Wildman–Crippen MR) is 122 cm³/mol. The topological polar surface area (TPSA) is 114 Å². The normalized spacial score (nSPS) is 17.7. The molecule has 2 aromatic rings. The fraction of sp³-hybridized carbons (Fsp3) is 0.391. The molecule has 0 aromatic heterocycles. The van der Waals surface area contributed by atoms with Crippen molar-refractivity contribution < 1.29 is 27.5 Å². The van der Waals surface area contributed by atoms with Gasteiger partial charge in [0.25, 0.3) is 0 Å². The second-order valence-corrected chi connectivity index (χ2v) is 10.0. The first kappa shape index (κ1) is 23.1. The quantitative estimate of drug-likeness (QED) is 0.663. The minimum absolute atomic E-state index is 0.248. The molecule has 9 nitrogen and oxygen atoms in total. The number of ether oxygens (including phenoxy) is 2. The van der Waals surface area contributed by atoms with Crippen LogP contribution in [0.25, 0.3) is 0 Å². The van der Waals surface area contributed by atoms with Crippen molar-refractivity contribution in [3.8, 4) is 11.5 Å². The number of nitrogens with one attached hydrogen (secondary N) is 2. The van der Waals surface area contributed by atoms with E-state index in [0.29, 0.717) is 43.2 Å². The summed E-state index contributed by atoms with van der Waals surface area (Å²) in [7, 11) is -3.57. The number of piperidine rings is 1. The molecule has 2 aliphatic rings. The lowest BCUT2D eigenvalue weighted by molar-refractivity contribution is -0.129. The average Bonchev–Trinajstić information content (AvgIpc) is 2.84. The van der Waals surface area contributed by atoms with Gasteiger partial charge < -0.3 is 20.1 Å². The van der Waals surface area contributed by atoms with Crippen LogP contribution >= 0.6 is 0 Å². The minimum atomic E-state index is -3.57. The van der Waals surface area contributed by atoms with Gasteiger partial charge in [-0.15, -0.1) is 0 Å². The number of benzene rings is 2. The summed E-state index contributed by atoms with van der Waals surface area (Å²) in [6.07, 6.45) is 0.794. The zero-order valence-electron chi connectivity index (χ0n) is 18.3. The van der Waals surface area contributed by atoms with E-state index in [4.69, 9.17) is 9.47 Å². The molecule has 2 aliphatic heterocycles. The molecule has 1 fully saturated rings. The van der Waals surface area contributed by atoms with Crippen molar-refractivity contribution in [3.63, 3.8) is 0 Å². The van der Waals surface area contributed by atoms with E-state index in [1.165, 1.54) is 4.31 Å². The van der Waals surface area contributed by atoms with Crippen molar-refractivity contribution in [2.24, 2.45) is 5.92 Å². The third-order valence-corrected chi connectivity index (χ3v) is 7.68. The molecule has 2 N–H and O–H groups in total. The minimum Gasteiger partial charge on any atom is -0.486 e. The molecule has 1 saturated heterocycles. The number of fused-ring (bicyclic) bond motifs is 1. The van der Waals surface area contributed by atoms with Gasteiger partial charge in [-0.25, -0.2) is 8.42 Å². The molecule has 2 amide bonds. The Hall–Kier alpha value is -3.11. The highest BCUT2D eigenvalue weighted by atomic mass is 32.2. The zero-order chi connectivity index (χ0) is 23.4. The number of hydrogen-bond donors (Lipinski definition) is 2. The maximum absolute atomic E-state index is 12.7. The first-order chi connectivity index (χ1) is 15.8. The molecule has 2 aromatic carbocycles. The Balaban J connectivity index is 1.28. The molecule has 4 rings (SSSR count). The van der Waals surface area contributed by atoms with Gasteiger partial charge in [-0.3, -0.25) is 9.59 Å². The third-order valence-electron chi connectivity index (χ3n) is 5.77. The molecular formula is C23H27N3O6S. The summed E-state index contributed by atoms with van der Waals surface area (Å²) in [6, 6.07) is 12.6. The highest BCUT2D eigenvalue weighted by Crippen LogP contribution is 2.32. The SMILES string of the molecule is C[C@H](NC(=O)C1CCN(S(=O)(=O)c2ccccc2)CC1)C(=O)Nc1ccc2c(c1)OCCO2. The number of carbonyl (C=O) groups is 2. The van der Waals surface area contributed by atoms with E-state index in [1.807, 2.05) is 0 Å². The maximum atomic E-state index is 12.7. The van der Waals surface area contributed by atoms with E-state index < -0.39 is 16.1 Å². The number of amides is 2. The van der Waals surface area contributed by atoms with Crippen LogP contribution < -0.4 is 20.1 Å². The largest absolute Gasteiger partial charge is 0.486 e. The summed E-state index contributed by atoms with van der Waals surface area (Å²) in [5.74, 6) is 0.228. The third kappa shape index (κ3) is 5.28. The Morgan fingerprint density at radius 2 is 1.67 bits per heavy atom. The smallest absolute Gasteiger partial charge is 0.246 e. The van der Waals surface area contributed by atoms with Crippen LogP contribution in [-0.4, -0.2) is 56.9 Å². The number of carbonyl (C=O) groups excluding carboxylic acids is 2. The van der Waals surface area contributed by atoms with Crippen LogP contribution in [0.15, 0.2) is 53.4 Å². The van der Waals surface area contributed by atoms with Gasteiger partial charge in [0.1, 0.15) is 19.3 Å². The van der Waals surface area contributed by atoms with E-state index in [9.17, 15) is 18.0 Å². The molecule has 2 heterocycles. The van der Waals surface area contributed by atoms with Crippen molar-refractivity contribution in [1.29, 1.82) is 0 Å². The van der Waals surface area contributed by atoms with Crippen molar-refractivity contribution in [2.75, 3.05) is 31.6 Å². The van der Waals surface area contributed by atoms with Crippen LogP contribution in [0, 0.1) is 5.92 Å². The van der Waals surface area contributed by atoms with Gasteiger partial charge in [0, 0.05) is 30.8 Å². The van der Waals surface area contributed by atoms with Crippen LogP contribution in [0.3, 0.4) is 0 Å². The van der Waals surface area contributed by atoms with E-state index in [1.54, 1.807) is 55.5 Å². The van der Waals surface area contributed by atoms with Crippen LogP contribution in [0.4, 0.5) is 5.69 Å². The summed E-state index contributed by atoms with van der Waals surface area (Å²) < 4.78 is 37.9. The van der Waals surface area contributed by atoms with Crippen molar-refractivity contribution in [2.45, 2.75) is 30.7 Å². The fourth-order valence-electron chi connectivity index (χ4n) is 3.87. The second-order valence-electron chi connectivity index (χ2n) is 8.07. The highest BCUT2D eigenvalue weighted by Gasteiger charge is 2.32. The predicted octanol–water partition coefficient (Wildman–Crippen LogP) is 2.00. The van der Waals surface area contributed by atoms with Crippen molar-refractivity contribution >= 4 is 27.5 Å². The molecule has 0 saturated carbocycles. The first-order valence-electron chi connectivity index (χ1n) is 10.9. The maximum Gasteiger partial charge on any atom is 0.246 e. The van der Waals surface area contributed by atoms with Crippen LogP contribution in [0.5, 0.6) is 11.5 Å². The summed E-state index contributed by atoms with van der Waals surface area (Å²) in [5, 5.41) is 5.51. The fourth-order valence-corrected chi connectivity index (χ4v) is 5.36. The Bertz CT molecular complexity index is 1110. The lowest BCUT2D eigenvalue weighted by Crippen LogP contribution is -2.47. The van der Waals surface area contributed by atoms with E-state index in [2.05, 4.69) is 10.6 Å². The molecule has 0 radical (unpaired) electrons. The average molecular weight is 474 g/mol. The van der Waals surface area contributed by atoms with E-state index in [0.717, 1.165) is 0 Å². The molecule has 176 valence electrons. The van der Waals surface area contributed by atoms with E-state index >= 15 is 0 Å². The standard InChI is InChI=1S/C23H27N3O6S/c1-16(22(27)25-18-7-8-20-21(15-18)32-14-13-31-20)24-23(28)17-9-11-26(12-10-17)33(29,30)19-5-3-2-4-6-19/h2-8,15-17H,9-14H2,1H3,(H,24,28)(H,25,27)/t16-/m0/s1. The lowest BCUT2D eigenvalue weighted by atomic mass is 9.97. The Morgan fingerprint density at radius 3 is 2.36 bits per heavy atom. The summed E-state index contributed by atoms with van der Waals surface area (Å²) in [5.41, 5.74) is 0.546. The first-order valence-corrected chi connectivity index (χ1v) is 12.3.